The van der Waals surface area contributed by atoms with Crippen LogP contribution in [0.1, 0.15) is 11.1 Å². The second-order valence-corrected chi connectivity index (χ2v) is 12.6. The van der Waals surface area contributed by atoms with Gasteiger partial charge in [-0.05, 0) is 0 Å². The van der Waals surface area contributed by atoms with Crippen LogP contribution in [0.2, 0.25) is 40.2 Å². The summed E-state index contributed by atoms with van der Waals surface area (Å²) in [5.41, 5.74) is -0.291. The zero-order valence-corrected chi connectivity index (χ0v) is 22.9. The number of hydrogen-bond acceptors (Lipinski definition) is 0. The van der Waals surface area contributed by atoms with E-state index in [1.807, 2.05) is 0 Å². The molecule has 0 heterocycles. The average Bonchev–Trinajstić information content (AvgIpc) is 2.52. The Hall–Kier alpha value is 2.50. The highest BCUT2D eigenvalue weighted by Crippen LogP contribution is 2.58. The van der Waals surface area contributed by atoms with Crippen LogP contribution < -0.4 is 0 Å². The molecule has 154 valence electrons. The van der Waals surface area contributed by atoms with E-state index in [4.69, 9.17) is 162 Å². The SMILES string of the molecule is Clc1c(Cl)c(C(Cl)(Cl)Cl)c(Cl)c(Cl)c1-c1c(Cl)c(Cl)c(C(Cl)(Cl)Cl)c(Cl)c1Cl. The maximum atomic E-state index is 6.36. The summed E-state index contributed by atoms with van der Waals surface area (Å²) in [7, 11) is 0. The molecule has 0 saturated heterocycles. The molecule has 0 saturated carbocycles. The van der Waals surface area contributed by atoms with Crippen molar-refractivity contribution in [2.45, 2.75) is 7.59 Å². The maximum Gasteiger partial charge on any atom is 0.219 e. The van der Waals surface area contributed by atoms with Gasteiger partial charge in [-0.25, -0.2) is 0 Å². The molecule has 2 aromatic rings. The van der Waals surface area contributed by atoms with Gasteiger partial charge in [0.05, 0.1) is 40.2 Å². The van der Waals surface area contributed by atoms with Crippen LogP contribution in [-0.4, -0.2) is 0 Å². The monoisotopic (exact) mass is 658 g/mol. The lowest BCUT2D eigenvalue weighted by Gasteiger charge is -2.24. The van der Waals surface area contributed by atoms with E-state index in [0.29, 0.717) is 0 Å². The van der Waals surface area contributed by atoms with E-state index in [1.165, 1.54) is 0 Å². The molecular weight excluding hydrogens is 664 g/mol. The Morgan fingerprint density at radius 1 is 0.321 bits per heavy atom. The summed E-state index contributed by atoms with van der Waals surface area (Å²) in [6.07, 6.45) is 0. The van der Waals surface area contributed by atoms with E-state index in [2.05, 4.69) is 0 Å². The normalized spacial score (nSPS) is 12.6. The number of hydrogen-bond donors (Lipinski definition) is 0. The van der Waals surface area contributed by atoms with Gasteiger partial charge >= 0.3 is 0 Å². The molecule has 2 rings (SSSR count). The van der Waals surface area contributed by atoms with Gasteiger partial charge in [0.2, 0.25) is 7.59 Å². The molecule has 0 atom stereocenters. The smallest absolute Gasteiger partial charge is 0.0822 e. The quantitative estimate of drug-likeness (QED) is 0.210. The molecule has 0 aliphatic rings. The molecule has 0 amide bonds. The minimum Gasteiger partial charge on any atom is -0.0822 e. The van der Waals surface area contributed by atoms with Crippen molar-refractivity contribution in [2.24, 2.45) is 0 Å². The van der Waals surface area contributed by atoms with Crippen LogP contribution >= 0.6 is 162 Å². The highest BCUT2D eigenvalue weighted by atomic mass is 35.6. The van der Waals surface area contributed by atoms with Gasteiger partial charge in [0.15, 0.2) is 0 Å². The van der Waals surface area contributed by atoms with Crippen molar-refractivity contribution in [3.63, 3.8) is 0 Å². The Bertz CT molecular complexity index is 828. The second kappa shape index (κ2) is 9.40. The lowest BCUT2D eigenvalue weighted by molar-refractivity contribution is 1.24. The molecule has 0 N–H and O–H groups in total. The summed E-state index contributed by atoms with van der Waals surface area (Å²) in [6, 6.07) is 0. The summed E-state index contributed by atoms with van der Waals surface area (Å²) in [5.74, 6) is 0. The predicted molar refractivity (Wildman–Crippen MR) is 130 cm³/mol. The average molecular weight is 664 g/mol. The zero-order chi connectivity index (χ0) is 21.9. The van der Waals surface area contributed by atoms with Crippen molar-refractivity contribution in [1.82, 2.24) is 0 Å². The third-order valence-corrected chi connectivity index (χ3v) is 7.89. The van der Waals surface area contributed by atoms with Crippen LogP contribution in [0.4, 0.5) is 0 Å². The van der Waals surface area contributed by atoms with E-state index in [1.54, 1.807) is 0 Å². The van der Waals surface area contributed by atoms with Gasteiger partial charge in [-0.3, -0.25) is 0 Å². The topological polar surface area (TPSA) is 0 Å². The molecule has 0 fully saturated rings. The minimum absolute atomic E-state index is 0.00833. The molecule has 0 aromatic heterocycles. The summed E-state index contributed by atoms with van der Waals surface area (Å²) >= 11 is 85.9. The van der Waals surface area contributed by atoms with Crippen molar-refractivity contribution in [1.29, 1.82) is 0 Å². The van der Waals surface area contributed by atoms with Crippen molar-refractivity contribution in [2.75, 3.05) is 0 Å². The first-order valence-electron chi connectivity index (χ1n) is 6.40. The Morgan fingerprint density at radius 3 is 0.643 bits per heavy atom. The third kappa shape index (κ3) is 4.87. The number of benzene rings is 2. The van der Waals surface area contributed by atoms with Gasteiger partial charge < -0.3 is 0 Å². The second-order valence-electron chi connectivity index (χ2n) is 5.01. The Morgan fingerprint density at radius 2 is 0.500 bits per heavy atom. The maximum absolute atomic E-state index is 6.36. The summed E-state index contributed by atoms with van der Waals surface area (Å²) in [5, 5.41) is -1.48. The standard InChI is InChI=1S/C14Cl14/c15-5-1(6(16)10(20)3(9(5)19)13(23,24)25)2-7(17)11(21)4(14(26,27)28)12(22)8(2)18. The first-order chi connectivity index (χ1) is 12.5. The minimum atomic E-state index is -2.03. The molecule has 0 radical (unpaired) electrons. The first kappa shape index (κ1) is 26.7. The van der Waals surface area contributed by atoms with Crippen LogP contribution in [0.3, 0.4) is 0 Å². The molecule has 0 aliphatic carbocycles. The van der Waals surface area contributed by atoms with Crippen LogP contribution in [0.5, 0.6) is 0 Å². The van der Waals surface area contributed by atoms with Crippen LogP contribution in [0.15, 0.2) is 0 Å². The number of rotatable bonds is 1. The Kier molecular flexibility index (Phi) is 8.98. The zero-order valence-electron chi connectivity index (χ0n) is 12.3. The van der Waals surface area contributed by atoms with Crippen LogP contribution in [-0.2, 0) is 7.59 Å². The fourth-order valence-electron chi connectivity index (χ4n) is 2.20. The van der Waals surface area contributed by atoms with Crippen molar-refractivity contribution >= 4 is 162 Å². The van der Waals surface area contributed by atoms with Gasteiger partial charge in [0.1, 0.15) is 0 Å². The molecular formula is C14Cl14. The number of halogens is 14. The lowest BCUT2D eigenvalue weighted by Crippen LogP contribution is -2.07. The van der Waals surface area contributed by atoms with Gasteiger partial charge in [-0.2, -0.15) is 0 Å². The first-order valence-corrected chi connectivity index (χ1v) is 11.7. The molecule has 0 bridgehead atoms. The van der Waals surface area contributed by atoms with Crippen LogP contribution in [0, 0.1) is 0 Å². The highest BCUT2D eigenvalue weighted by Gasteiger charge is 2.37. The fourth-order valence-corrected chi connectivity index (χ4v) is 6.56. The molecule has 0 spiro atoms. The van der Waals surface area contributed by atoms with E-state index in [0.717, 1.165) is 0 Å². The van der Waals surface area contributed by atoms with Gasteiger partial charge in [-0.15, -0.1) is 0 Å². The predicted octanol–water partition coefficient (Wildman–Crippen LogP) is 12.2. The number of alkyl halides is 6. The van der Waals surface area contributed by atoms with Gasteiger partial charge in [0, 0.05) is 22.3 Å². The van der Waals surface area contributed by atoms with E-state index in [9.17, 15) is 0 Å². The Labute approximate surface area is 229 Å². The lowest BCUT2D eigenvalue weighted by atomic mass is 10.0. The summed E-state index contributed by atoms with van der Waals surface area (Å²) in [6.45, 7) is 0. The van der Waals surface area contributed by atoms with E-state index < -0.39 is 7.59 Å². The Balaban J connectivity index is 3.04. The highest BCUT2D eigenvalue weighted by molar-refractivity contribution is 6.69. The molecule has 0 aliphatic heterocycles. The fraction of sp³-hybridized carbons (Fsp3) is 0.143. The van der Waals surface area contributed by atoms with Gasteiger partial charge in [0.25, 0.3) is 0 Å². The van der Waals surface area contributed by atoms with E-state index in [-0.39, 0.29) is 62.4 Å². The van der Waals surface area contributed by atoms with Crippen molar-refractivity contribution in [3.05, 3.63) is 51.3 Å². The van der Waals surface area contributed by atoms with Crippen molar-refractivity contribution in [3.8, 4) is 11.1 Å². The summed E-state index contributed by atoms with van der Waals surface area (Å²) < 4.78 is -4.05. The third-order valence-electron chi connectivity index (χ3n) is 3.34. The molecule has 28 heavy (non-hydrogen) atoms. The molecule has 0 unspecified atom stereocenters. The summed E-state index contributed by atoms with van der Waals surface area (Å²) in [4.78, 5) is 0. The molecule has 14 heteroatoms. The largest absolute Gasteiger partial charge is 0.219 e. The molecule has 0 nitrogen and oxygen atoms in total. The van der Waals surface area contributed by atoms with Crippen LogP contribution in [0.25, 0.3) is 11.1 Å². The van der Waals surface area contributed by atoms with E-state index >= 15 is 0 Å². The molecule has 2 aromatic carbocycles. The van der Waals surface area contributed by atoms with Gasteiger partial charge in [-0.1, -0.05) is 162 Å². The van der Waals surface area contributed by atoms with Crippen molar-refractivity contribution < 1.29 is 0 Å².